The summed E-state index contributed by atoms with van der Waals surface area (Å²) in [6.45, 7) is 5.73. The van der Waals surface area contributed by atoms with Crippen LogP contribution in [0.25, 0.3) is 5.57 Å². The standard InChI is InChI=1S/C7H7ClS/c1-5(2)6-3-9-4-7(6)8/h3-4H,1H2,2H3. The molecule has 0 amide bonds. The van der Waals surface area contributed by atoms with E-state index in [2.05, 4.69) is 6.58 Å². The summed E-state index contributed by atoms with van der Waals surface area (Å²) in [5.74, 6) is 0. The zero-order valence-corrected chi connectivity index (χ0v) is 6.72. The molecule has 1 heterocycles. The normalized spacial score (nSPS) is 9.56. The van der Waals surface area contributed by atoms with Crippen molar-refractivity contribution in [3.05, 3.63) is 27.9 Å². The first kappa shape index (κ1) is 6.84. The van der Waals surface area contributed by atoms with Gasteiger partial charge in [-0.1, -0.05) is 18.2 Å². The van der Waals surface area contributed by atoms with Crippen LogP contribution in [0.1, 0.15) is 12.5 Å². The summed E-state index contributed by atoms with van der Waals surface area (Å²) in [5.41, 5.74) is 2.10. The van der Waals surface area contributed by atoms with E-state index in [0.29, 0.717) is 0 Å². The molecule has 0 nitrogen and oxygen atoms in total. The van der Waals surface area contributed by atoms with Crippen molar-refractivity contribution in [2.75, 3.05) is 0 Å². The molecule has 0 saturated carbocycles. The number of hydrogen-bond donors (Lipinski definition) is 0. The number of halogens is 1. The van der Waals surface area contributed by atoms with Gasteiger partial charge in [-0.15, -0.1) is 0 Å². The lowest BCUT2D eigenvalue weighted by Gasteiger charge is -1.91. The molecular weight excluding hydrogens is 152 g/mol. The van der Waals surface area contributed by atoms with Gasteiger partial charge in [0.15, 0.2) is 0 Å². The summed E-state index contributed by atoms with van der Waals surface area (Å²) in [7, 11) is 0. The van der Waals surface area contributed by atoms with Crippen LogP contribution < -0.4 is 0 Å². The lowest BCUT2D eigenvalue weighted by Crippen LogP contribution is -1.69. The monoisotopic (exact) mass is 158 g/mol. The van der Waals surface area contributed by atoms with Crippen molar-refractivity contribution in [3.8, 4) is 0 Å². The van der Waals surface area contributed by atoms with Crippen LogP contribution in [0.5, 0.6) is 0 Å². The molecule has 1 aromatic heterocycles. The molecule has 0 unspecified atom stereocenters. The van der Waals surface area contributed by atoms with E-state index < -0.39 is 0 Å². The Morgan fingerprint density at radius 1 is 1.67 bits per heavy atom. The summed E-state index contributed by atoms with van der Waals surface area (Å²) in [6, 6.07) is 0. The topological polar surface area (TPSA) is 0 Å². The zero-order chi connectivity index (χ0) is 6.85. The minimum atomic E-state index is 0.813. The molecule has 0 radical (unpaired) electrons. The van der Waals surface area contributed by atoms with E-state index in [9.17, 15) is 0 Å². The van der Waals surface area contributed by atoms with Gasteiger partial charge in [0.25, 0.3) is 0 Å². The first-order chi connectivity index (χ1) is 4.22. The van der Waals surface area contributed by atoms with E-state index in [1.54, 1.807) is 11.3 Å². The average molecular weight is 159 g/mol. The van der Waals surface area contributed by atoms with Crippen molar-refractivity contribution < 1.29 is 0 Å². The van der Waals surface area contributed by atoms with Gasteiger partial charge in [-0.25, -0.2) is 0 Å². The van der Waals surface area contributed by atoms with Crippen LogP contribution in [-0.4, -0.2) is 0 Å². The Morgan fingerprint density at radius 3 is 2.56 bits per heavy atom. The fourth-order valence-corrected chi connectivity index (χ4v) is 1.80. The lowest BCUT2D eigenvalue weighted by atomic mass is 10.2. The molecule has 0 aliphatic rings. The predicted octanol–water partition coefficient (Wildman–Crippen LogP) is 3.43. The Morgan fingerprint density at radius 2 is 2.33 bits per heavy atom. The van der Waals surface area contributed by atoms with Crippen molar-refractivity contribution >= 4 is 28.5 Å². The second kappa shape index (κ2) is 2.54. The maximum absolute atomic E-state index is 5.78. The minimum Gasteiger partial charge on any atom is -0.150 e. The van der Waals surface area contributed by atoms with Crippen molar-refractivity contribution in [2.24, 2.45) is 0 Å². The van der Waals surface area contributed by atoms with Crippen LogP contribution in [0.15, 0.2) is 17.3 Å². The molecular formula is C7H7ClS. The van der Waals surface area contributed by atoms with Crippen LogP contribution in [0.2, 0.25) is 5.02 Å². The Kier molecular flexibility index (Phi) is 1.94. The van der Waals surface area contributed by atoms with Gasteiger partial charge in [-0.05, 0) is 17.9 Å². The van der Waals surface area contributed by atoms with Crippen LogP contribution in [0.3, 0.4) is 0 Å². The first-order valence-electron chi connectivity index (χ1n) is 2.59. The van der Waals surface area contributed by atoms with Crippen LogP contribution >= 0.6 is 22.9 Å². The zero-order valence-electron chi connectivity index (χ0n) is 5.15. The molecule has 0 aliphatic heterocycles. The molecule has 0 aromatic carbocycles. The van der Waals surface area contributed by atoms with Crippen LogP contribution in [-0.2, 0) is 0 Å². The molecule has 0 spiro atoms. The predicted molar refractivity (Wildman–Crippen MR) is 44.0 cm³/mol. The number of rotatable bonds is 1. The van der Waals surface area contributed by atoms with Crippen molar-refractivity contribution in [1.82, 2.24) is 0 Å². The van der Waals surface area contributed by atoms with Crippen LogP contribution in [0.4, 0.5) is 0 Å². The molecule has 0 bridgehead atoms. The third kappa shape index (κ3) is 1.35. The van der Waals surface area contributed by atoms with Crippen molar-refractivity contribution in [1.29, 1.82) is 0 Å². The molecule has 2 heteroatoms. The van der Waals surface area contributed by atoms with E-state index in [0.717, 1.165) is 16.2 Å². The van der Waals surface area contributed by atoms with E-state index >= 15 is 0 Å². The highest BCUT2D eigenvalue weighted by Crippen LogP contribution is 2.25. The van der Waals surface area contributed by atoms with Gasteiger partial charge < -0.3 is 0 Å². The molecule has 9 heavy (non-hydrogen) atoms. The van der Waals surface area contributed by atoms with E-state index in [-0.39, 0.29) is 0 Å². The third-order valence-corrected chi connectivity index (χ3v) is 2.26. The SMILES string of the molecule is C=C(C)c1cscc1Cl. The molecule has 0 saturated heterocycles. The lowest BCUT2D eigenvalue weighted by molar-refractivity contribution is 1.68. The van der Waals surface area contributed by atoms with E-state index in [4.69, 9.17) is 11.6 Å². The van der Waals surface area contributed by atoms with Crippen molar-refractivity contribution in [2.45, 2.75) is 6.92 Å². The highest BCUT2D eigenvalue weighted by atomic mass is 35.5. The maximum atomic E-state index is 5.78. The summed E-state index contributed by atoms with van der Waals surface area (Å²) in [5, 5.41) is 4.73. The maximum Gasteiger partial charge on any atom is 0.0587 e. The summed E-state index contributed by atoms with van der Waals surface area (Å²) in [6.07, 6.45) is 0. The van der Waals surface area contributed by atoms with E-state index in [1.807, 2.05) is 17.7 Å². The molecule has 0 atom stereocenters. The third-order valence-electron chi connectivity index (χ3n) is 1.07. The minimum absolute atomic E-state index is 0.813. The smallest absolute Gasteiger partial charge is 0.0587 e. The number of thiophene rings is 1. The second-order valence-corrected chi connectivity index (χ2v) is 3.06. The molecule has 0 N–H and O–H groups in total. The first-order valence-corrected chi connectivity index (χ1v) is 3.91. The Balaban J connectivity index is 3.08. The second-order valence-electron chi connectivity index (χ2n) is 1.91. The Hall–Kier alpha value is -0.270. The van der Waals surface area contributed by atoms with Gasteiger partial charge >= 0.3 is 0 Å². The van der Waals surface area contributed by atoms with Gasteiger partial charge in [-0.3, -0.25) is 0 Å². The van der Waals surface area contributed by atoms with Crippen molar-refractivity contribution in [3.63, 3.8) is 0 Å². The fraction of sp³-hybridized carbons (Fsp3) is 0.143. The average Bonchev–Trinajstić information content (AvgIpc) is 2.13. The molecule has 48 valence electrons. The van der Waals surface area contributed by atoms with Gasteiger partial charge in [-0.2, -0.15) is 11.3 Å². The summed E-state index contributed by atoms with van der Waals surface area (Å²) >= 11 is 7.39. The highest BCUT2D eigenvalue weighted by molar-refractivity contribution is 7.08. The number of allylic oxidation sites excluding steroid dienone is 1. The van der Waals surface area contributed by atoms with Gasteiger partial charge in [0.1, 0.15) is 0 Å². The summed E-state index contributed by atoms with van der Waals surface area (Å²) in [4.78, 5) is 0. The molecule has 0 fully saturated rings. The molecule has 0 aliphatic carbocycles. The van der Waals surface area contributed by atoms with Crippen LogP contribution in [0, 0.1) is 0 Å². The fourth-order valence-electron chi connectivity index (χ4n) is 0.586. The highest BCUT2D eigenvalue weighted by Gasteiger charge is 1.98. The number of hydrogen-bond acceptors (Lipinski definition) is 1. The molecule has 1 aromatic rings. The molecule has 1 rings (SSSR count). The van der Waals surface area contributed by atoms with Gasteiger partial charge in [0.2, 0.25) is 0 Å². The van der Waals surface area contributed by atoms with Gasteiger partial charge in [0.05, 0.1) is 5.02 Å². The largest absolute Gasteiger partial charge is 0.150 e. The van der Waals surface area contributed by atoms with Gasteiger partial charge in [0, 0.05) is 10.9 Å². The Bertz CT molecular complexity index is 225. The quantitative estimate of drug-likeness (QED) is 0.588. The summed E-state index contributed by atoms with van der Waals surface area (Å²) < 4.78 is 0. The Labute approximate surface area is 63.8 Å². The van der Waals surface area contributed by atoms with E-state index in [1.165, 1.54) is 0 Å².